The molecule has 0 aliphatic heterocycles. The molecular formula is C23H20N6O2S. The van der Waals surface area contributed by atoms with E-state index >= 15 is 0 Å². The fraction of sp³-hybridized carbons (Fsp3) is 0.261. The van der Waals surface area contributed by atoms with Crippen LogP contribution in [0, 0.1) is 11.8 Å². The lowest BCUT2D eigenvalue weighted by Gasteiger charge is -2.09. The van der Waals surface area contributed by atoms with E-state index in [1.807, 2.05) is 12.1 Å². The van der Waals surface area contributed by atoms with E-state index in [4.69, 9.17) is 0 Å². The van der Waals surface area contributed by atoms with Crippen LogP contribution in [0.3, 0.4) is 0 Å². The van der Waals surface area contributed by atoms with E-state index in [1.165, 1.54) is 29.9 Å². The summed E-state index contributed by atoms with van der Waals surface area (Å²) < 4.78 is 0. The van der Waals surface area contributed by atoms with E-state index in [0.717, 1.165) is 16.0 Å². The smallest absolute Gasteiger partial charge is 0.259 e. The molecule has 1 unspecified atom stereocenters. The molecule has 0 spiro atoms. The highest BCUT2D eigenvalue weighted by Gasteiger charge is 2.25. The number of rotatable bonds is 6. The summed E-state index contributed by atoms with van der Waals surface area (Å²) in [6, 6.07) is 12.8. The first-order chi connectivity index (χ1) is 15.7. The number of aromatic nitrogens is 5. The summed E-state index contributed by atoms with van der Waals surface area (Å²) in [5, 5.41) is 31.4. The summed E-state index contributed by atoms with van der Waals surface area (Å²) in [5.74, 6) is 6.25. The number of anilines is 1. The molecule has 3 N–H and O–H groups in total. The number of nitrogens with zero attached hydrogens (tertiary/aromatic N) is 4. The maximum atomic E-state index is 12.2. The number of hydrogen-bond acceptors (Lipinski definition) is 7. The molecule has 1 saturated carbocycles. The molecule has 3 aromatic heterocycles. The molecular weight excluding hydrogens is 424 g/mol. The maximum absolute atomic E-state index is 12.2. The van der Waals surface area contributed by atoms with E-state index in [1.54, 1.807) is 24.3 Å². The van der Waals surface area contributed by atoms with Gasteiger partial charge in [0.2, 0.25) is 5.13 Å². The average molecular weight is 445 g/mol. The fourth-order valence-electron chi connectivity index (χ4n) is 3.32. The molecule has 4 aromatic rings. The number of amides is 1. The highest BCUT2D eigenvalue weighted by Crippen LogP contribution is 2.40. The van der Waals surface area contributed by atoms with Crippen LogP contribution in [-0.2, 0) is 11.2 Å². The molecule has 5 rings (SSSR count). The number of H-pyrrole nitrogens is 1. The highest BCUT2D eigenvalue weighted by atomic mass is 32.1. The van der Waals surface area contributed by atoms with Crippen LogP contribution in [-0.4, -0.2) is 36.4 Å². The minimum atomic E-state index is -1.26. The first-order valence-corrected chi connectivity index (χ1v) is 11.2. The van der Waals surface area contributed by atoms with E-state index in [9.17, 15) is 9.90 Å². The summed E-state index contributed by atoms with van der Waals surface area (Å²) in [6.07, 6.45) is 2.39. The number of aryl methyl sites for hydroxylation is 1. The Labute approximate surface area is 188 Å². The largest absolute Gasteiger partial charge is 0.378 e. The Morgan fingerprint density at radius 1 is 1.19 bits per heavy atom. The number of fused-ring (bicyclic) bond motifs is 1. The van der Waals surface area contributed by atoms with Crippen molar-refractivity contribution < 1.29 is 9.90 Å². The Morgan fingerprint density at radius 3 is 2.84 bits per heavy atom. The Hall–Kier alpha value is -3.61. The molecule has 3 heterocycles. The fourth-order valence-corrected chi connectivity index (χ4v) is 4.06. The van der Waals surface area contributed by atoms with Crippen molar-refractivity contribution in [3.05, 3.63) is 64.4 Å². The van der Waals surface area contributed by atoms with Gasteiger partial charge in [0.05, 0.1) is 0 Å². The predicted molar refractivity (Wildman–Crippen MR) is 121 cm³/mol. The van der Waals surface area contributed by atoms with Crippen molar-refractivity contribution >= 4 is 33.4 Å². The standard InChI is InChI=1S/C23H20N6O2S/c30-20(15-6-2-1-3-7-15)22(31)25-23-29-27-19(32-23)9-5-4-8-17-12-16-13-18(14-10-11-14)24-21(16)28-26-17/h1-3,6-7,12-14,20,30H,5,9-11H2,(H,24,28)(H,25,29,31). The zero-order valence-corrected chi connectivity index (χ0v) is 17.9. The topological polar surface area (TPSA) is 117 Å². The first-order valence-electron chi connectivity index (χ1n) is 10.4. The Balaban J connectivity index is 1.15. The normalized spacial score (nSPS) is 14.0. The average Bonchev–Trinajstić information content (AvgIpc) is 3.43. The molecule has 1 aliphatic rings. The molecule has 1 aliphatic carbocycles. The van der Waals surface area contributed by atoms with E-state index in [0.29, 0.717) is 35.1 Å². The van der Waals surface area contributed by atoms with Crippen molar-refractivity contribution in [1.29, 1.82) is 0 Å². The van der Waals surface area contributed by atoms with Gasteiger partial charge in [0, 0.05) is 23.9 Å². The van der Waals surface area contributed by atoms with Crippen LogP contribution >= 0.6 is 11.3 Å². The zero-order chi connectivity index (χ0) is 21.9. The summed E-state index contributed by atoms with van der Waals surface area (Å²) in [6.45, 7) is 0. The second kappa shape index (κ2) is 8.86. The Bertz CT molecular complexity index is 1320. The minimum absolute atomic E-state index is 0.350. The summed E-state index contributed by atoms with van der Waals surface area (Å²) >= 11 is 1.27. The number of nitrogens with one attached hydrogen (secondary N) is 2. The molecule has 1 fully saturated rings. The number of carbonyl (C=O) groups is 1. The van der Waals surface area contributed by atoms with Gasteiger partial charge in [-0.25, -0.2) is 0 Å². The quantitative estimate of drug-likeness (QED) is 0.393. The third-order valence-electron chi connectivity index (χ3n) is 5.16. The van der Waals surface area contributed by atoms with E-state index < -0.39 is 12.0 Å². The second-order valence-electron chi connectivity index (χ2n) is 7.64. The number of aliphatic hydroxyl groups is 1. The van der Waals surface area contributed by atoms with E-state index in [2.05, 4.69) is 48.6 Å². The van der Waals surface area contributed by atoms with Gasteiger partial charge in [-0.1, -0.05) is 47.6 Å². The SMILES string of the molecule is O=C(Nc1nnc(CCC#Cc2cc3cc(C4CC4)[nH]c3nn2)s1)C(O)c1ccccc1. The van der Waals surface area contributed by atoms with Gasteiger partial charge in [-0.05, 0) is 42.4 Å². The summed E-state index contributed by atoms with van der Waals surface area (Å²) in [7, 11) is 0. The van der Waals surface area contributed by atoms with Gasteiger partial charge >= 0.3 is 0 Å². The molecule has 1 amide bonds. The lowest BCUT2D eigenvalue weighted by molar-refractivity contribution is -0.124. The molecule has 9 heteroatoms. The summed E-state index contributed by atoms with van der Waals surface area (Å²) in [5.41, 5.74) is 3.20. The van der Waals surface area contributed by atoms with Crippen LogP contribution in [0.25, 0.3) is 11.0 Å². The van der Waals surface area contributed by atoms with Crippen LogP contribution < -0.4 is 5.32 Å². The van der Waals surface area contributed by atoms with Crippen LogP contribution in [0.15, 0.2) is 42.5 Å². The van der Waals surface area contributed by atoms with Gasteiger partial charge < -0.3 is 10.1 Å². The highest BCUT2D eigenvalue weighted by molar-refractivity contribution is 7.15. The Kier molecular flexibility index (Phi) is 5.62. The number of hydrogen-bond donors (Lipinski definition) is 3. The van der Waals surface area contributed by atoms with Gasteiger partial charge in [0.1, 0.15) is 10.7 Å². The molecule has 1 atom stereocenters. The molecule has 0 radical (unpaired) electrons. The number of benzene rings is 1. The lowest BCUT2D eigenvalue weighted by atomic mass is 10.1. The van der Waals surface area contributed by atoms with Crippen LogP contribution in [0.5, 0.6) is 0 Å². The molecule has 0 bridgehead atoms. The second-order valence-corrected chi connectivity index (χ2v) is 8.70. The van der Waals surface area contributed by atoms with Crippen molar-refractivity contribution in [3.63, 3.8) is 0 Å². The van der Waals surface area contributed by atoms with Crippen LogP contribution in [0.2, 0.25) is 0 Å². The molecule has 160 valence electrons. The number of carbonyl (C=O) groups excluding carboxylic acids is 1. The van der Waals surface area contributed by atoms with Gasteiger partial charge in [0.25, 0.3) is 5.91 Å². The molecule has 8 nitrogen and oxygen atoms in total. The van der Waals surface area contributed by atoms with Crippen molar-refractivity contribution in [2.24, 2.45) is 0 Å². The predicted octanol–water partition coefficient (Wildman–Crippen LogP) is 3.34. The van der Waals surface area contributed by atoms with Gasteiger partial charge in [-0.3, -0.25) is 10.1 Å². The zero-order valence-electron chi connectivity index (χ0n) is 17.1. The number of aliphatic hydroxyl groups excluding tert-OH is 1. The van der Waals surface area contributed by atoms with Gasteiger partial charge in [-0.15, -0.1) is 20.4 Å². The molecule has 32 heavy (non-hydrogen) atoms. The monoisotopic (exact) mass is 444 g/mol. The van der Waals surface area contributed by atoms with E-state index in [-0.39, 0.29) is 0 Å². The summed E-state index contributed by atoms with van der Waals surface area (Å²) in [4.78, 5) is 15.5. The lowest BCUT2D eigenvalue weighted by Crippen LogP contribution is -2.20. The van der Waals surface area contributed by atoms with Gasteiger partial charge in [0.15, 0.2) is 11.8 Å². The third kappa shape index (κ3) is 4.66. The van der Waals surface area contributed by atoms with Crippen LogP contribution in [0.4, 0.5) is 5.13 Å². The Morgan fingerprint density at radius 2 is 2.03 bits per heavy atom. The van der Waals surface area contributed by atoms with Crippen molar-refractivity contribution in [2.75, 3.05) is 5.32 Å². The third-order valence-corrected chi connectivity index (χ3v) is 6.05. The minimum Gasteiger partial charge on any atom is -0.378 e. The molecule has 0 saturated heterocycles. The van der Waals surface area contributed by atoms with Crippen molar-refractivity contribution in [3.8, 4) is 11.8 Å². The first kappa shape index (κ1) is 20.3. The van der Waals surface area contributed by atoms with Crippen molar-refractivity contribution in [2.45, 2.75) is 37.7 Å². The number of aromatic amines is 1. The van der Waals surface area contributed by atoms with Crippen LogP contribution in [0.1, 0.15) is 53.2 Å². The molecule has 1 aromatic carbocycles. The maximum Gasteiger partial charge on any atom is 0.259 e. The van der Waals surface area contributed by atoms with Crippen molar-refractivity contribution in [1.82, 2.24) is 25.4 Å². The van der Waals surface area contributed by atoms with Gasteiger partial charge in [-0.2, -0.15) is 0 Å².